The number of ether oxygens (including phenoxy) is 1. The summed E-state index contributed by atoms with van der Waals surface area (Å²) in [5.74, 6) is 0.731. The Kier molecular flexibility index (Phi) is 3.71. The van der Waals surface area contributed by atoms with E-state index in [9.17, 15) is 4.39 Å². The van der Waals surface area contributed by atoms with E-state index in [0.29, 0.717) is 18.7 Å². The van der Waals surface area contributed by atoms with Crippen molar-refractivity contribution in [2.45, 2.75) is 13.1 Å². The van der Waals surface area contributed by atoms with Gasteiger partial charge in [-0.05, 0) is 24.6 Å². The van der Waals surface area contributed by atoms with Crippen LogP contribution in [0, 0.1) is 0 Å². The summed E-state index contributed by atoms with van der Waals surface area (Å²) in [6, 6.07) is 6.94. The molecule has 13 heavy (non-hydrogen) atoms. The van der Waals surface area contributed by atoms with Crippen molar-refractivity contribution in [1.82, 2.24) is 0 Å². The van der Waals surface area contributed by atoms with Crippen molar-refractivity contribution < 1.29 is 9.13 Å². The minimum Gasteiger partial charge on any atom is -0.492 e. The molecule has 2 nitrogen and oxygen atoms in total. The van der Waals surface area contributed by atoms with Crippen molar-refractivity contribution in [2.24, 2.45) is 5.73 Å². The highest BCUT2D eigenvalue weighted by Crippen LogP contribution is 2.19. The third-order valence-electron chi connectivity index (χ3n) is 1.73. The summed E-state index contributed by atoms with van der Waals surface area (Å²) in [6.07, 6.45) is -0.927. The molecule has 1 atom stereocenters. The van der Waals surface area contributed by atoms with Crippen molar-refractivity contribution in [2.75, 3.05) is 13.2 Å². The molecule has 0 aliphatic rings. The SMILES string of the molecule is CC(F)c1ccc(OCCN)cc1. The molecule has 0 radical (unpaired) electrons. The molecular formula is C10H14FNO. The molecule has 1 unspecified atom stereocenters. The highest BCUT2D eigenvalue weighted by Gasteiger charge is 2.01. The van der Waals surface area contributed by atoms with Crippen LogP contribution in [0.4, 0.5) is 4.39 Å². The van der Waals surface area contributed by atoms with Crippen LogP contribution in [-0.4, -0.2) is 13.2 Å². The lowest BCUT2D eigenvalue weighted by molar-refractivity contribution is 0.327. The van der Waals surface area contributed by atoms with Crippen molar-refractivity contribution in [3.05, 3.63) is 29.8 Å². The maximum Gasteiger partial charge on any atom is 0.122 e. The van der Waals surface area contributed by atoms with E-state index in [2.05, 4.69) is 0 Å². The molecule has 3 heteroatoms. The van der Waals surface area contributed by atoms with E-state index in [-0.39, 0.29) is 0 Å². The fourth-order valence-electron chi connectivity index (χ4n) is 1.01. The molecule has 0 aliphatic heterocycles. The summed E-state index contributed by atoms with van der Waals surface area (Å²) in [6.45, 7) is 2.49. The van der Waals surface area contributed by atoms with E-state index in [1.54, 1.807) is 24.3 Å². The Labute approximate surface area is 77.5 Å². The first-order valence-corrected chi connectivity index (χ1v) is 4.31. The summed E-state index contributed by atoms with van der Waals surface area (Å²) in [7, 11) is 0. The standard InChI is InChI=1S/C10H14FNO/c1-8(11)9-2-4-10(5-3-9)13-7-6-12/h2-5,8H,6-7,12H2,1H3. The smallest absolute Gasteiger partial charge is 0.122 e. The Balaban J connectivity index is 2.59. The average Bonchev–Trinajstić information content (AvgIpc) is 2.15. The third kappa shape index (κ3) is 3.03. The van der Waals surface area contributed by atoms with Gasteiger partial charge < -0.3 is 10.5 Å². The zero-order chi connectivity index (χ0) is 9.68. The second-order valence-electron chi connectivity index (χ2n) is 2.82. The van der Waals surface area contributed by atoms with Crippen LogP contribution in [-0.2, 0) is 0 Å². The van der Waals surface area contributed by atoms with E-state index in [0.717, 1.165) is 5.75 Å². The van der Waals surface area contributed by atoms with Gasteiger partial charge in [-0.2, -0.15) is 0 Å². The number of rotatable bonds is 4. The highest BCUT2D eigenvalue weighted by molar-refractivity contribution is 5.28. The number of halogens is 1. The molecule has 1 aromatic carbocycles. The van der Waals surface area contributed by atoms with Gasteiger partial charge in [0.25, 0.3) is 0 Å². The average molecular weight is 183 g/mol. The zero-order valence-corrected chi connectivity index (χ0v) is 7.66. The maximum atomic E-state index is 12.8. The Morgan fingerprint density at radius 2 is 2.00 bits per heavy atom. The Morgan fingerprint density at radius 3 is 2.46 bits per heavy atom. The lowest BCUT2D eigenvalue weighted by Gasteiger charge is -2.06. The number of alkyl halides is 1. The first-order valence-electron chi connectivity index (χ1n) is 4.31. The molecular weight excluding hydrogens is 169 g/mol. The van der Waals surface area contributed by atoms with Crippen LogP contribution in [0.3, 0.4) is 0 Å². The summed E-state index contributed by atoms with van der Waals surface area (Å²) < 4.78 is 18.0. The topological polar surface area (TPSA) is 35.2 Å². The molecule has 0 bridgehead atoms. The van der Waals surface area contributed by atoms with Crippen LogP contribution in [0.2, 0.25) is 0 Å². The van der Waals surface area contributed by atoms with Gasteiger partial charge in [0.05, 0.1) is 0 Å². The third-order valence-corrected chi connectivity index (χ3v) is 1.73. The second-order valence-corrected chi connectivity index (χ2v) is 2.82. The molecule has 2 N–H and O–H groups in total. The number of hydrogen-bond acceptors (Lipinski definition) is 2. The minimum atomic E-state index is -0.927. The van der Waals surface area contributed by atoms with Crippen LogP contribution >= 0.6 is 0 Å². The van der Waals surface area contributed by atoms with Crippen LogP contribution in [0.25, 0.3) is 0 Å². The van der Waals surface area contributed by atoms with Crippen LogP contribution in [0.15, 0.2) is 24.3 Å². The van der Waals surface area contributed by atoms with Gasteiger partial charge in [0, 0.05) is 6.54 Å². The van der Waals surface area contributed by atoms with Crippen molar-refractivity contribution in [3.63, 3.8) is 0 Å². The summed E-state index contributed by atoms with van der Waals surface area (Å²) >= 11 is 0. The van der Waals surface area contributed by atoms with Gasteiger partial charge in [0.1, 0.15) is 18.5 Å². The summed E-state index contributed by atoms with van der Waals surface area (Å²) in [5, 5.41) is 0. The van der Waals surface area contributed by atoms with Crippen molar-refractivity contribution >= 4 is 0 Å². The second kappa shape index (κ2) is 4.82. The van der Waals surface area contributed by atoms with Gasteiger partial charge in [0.2, 0.25) is 0 Å². The van der Waals surface area contributed by atoms with E-state index in [1.807, 2.05) is 0 Å². The van der Waals surface area contributed by atoms with Gasteiger partial charge in [-0.1, -0.05) is 12.1 Å². The van der Waals surface area contributed by atoms with E-state index in [1.165, 1.54) is 6.92 Å². The maximum absolute atomic E-state index is 12.8. The Morgan fingerprint density at radius 1 is 1.38 bits per heavy atom. The van der Waals surface area contributed by atoms with Gasteiger partial charge in [-0.25, -0.2) is 4.39 Å². The van der Waals surface area contributed by atoms with Gasteiger partial charge in [-0.15, -0.1) is 0 Å². The largest absolute Gasteiger partial charge is 0.492 e. The quantitative estimate of drug-likeness (QED) is 0.775. The highest BCUT2D eigenvalue weighted by atomic mass is 19.1. The fourth-order valence-corrected chi connectivity index (χ4v) is 1.01. The van der Waals surface area contributed by atoms with Crippen molar-refractivity contribution in [3.8, 4) is 5.75 Å². The van der Waals surface area contributed by atoms with E-state index < -0.39 is 6.17 Å². The van der Waals surface area contributed by atoms with E-state index >= 15 is 0 Å². The molecule has 0 saturated carbocycles. The van der Waals surface area contributed by atoms with Gasteiger partial charge in [0.15, 0.2) is 0 Å². The molecule has 0 fully saturated rings. The predicted octanol–water partition coefficient (Wildman–Crippen LogP) is 2.05. The minimum absolute atomic E-state index is 0.487. The molecule has 0 aromatic heterocycles. The number of benzene rings is 1. The molecule has 1 aromatic rings. The molecule has 0 saturated heterocycles. The number of nitrogens with two attached hydrogens (primary N) is 1. The summed E-state index contributed by atoms with van der Waals surface area (Å²) in [5.41, 5.74) is 5.94. The fraction of sp³-hybridized carbons (Fsp3) is 0.400. The van der Waals surface area contributed by atoms with Crippen molar-refractivity contribution in [1.29, 1.82) is 0 Å². The molecule has 1 rings (SSSR count). The number of hydrogen-bond donors (Lipinski definition) is 1. The van der Waals surface area contributed by atoms with Gasteiger partial charge >= 0.3 is 0 Å². The lowest BCUT2D eigenvalue weighted by Crippen LogP contribution is -2.10. The molecule has 0 amide bonds. The van der Waals surface area contributed by atoms with Crippen LogP contribution < -0.4 is 10.5 Å². The van der Waals surface area contributed by atoms with Crippen LogP contribution in [0.1, 0.15) is 18.7 Å². The molecule has 72 valence electrons. The normalized spacial score (nSPS) is 12.5. The van der Waals surface area contributed by atoms with E-state index in [4.69, 9.17) is 10.5 Å². The Bertz CT molecular complexity index is 246. The van der Waals surface area contributed by atoms with Gasteiger partial charge in [-0.3, -0.25) is 0 Å². The lowest BCUT2D eigenvalue weighted by atomic mass is 10.1. The molecule has 0 spiro atoms. The molecule has 0 heterocycles. The zero-order valence-electron chi connectivity index (χ0n) is 7.66. The monoisotopic (exact) mass is 183 g/mol. The summed E-state index contributed by atoms with van der Waals surface area (Å²) in [4.78, 5) is 0. The first-order chi connectivity index (χ1) is 6.24. The first kappa shape index (κ1) is 9.99. The predicted molar refractivity (Wildman–Crippen MR) is 50.5 cm³/mol. The Hall–Kier alpha value is -1.09. The molecule has 0 aliphatic carbocycles. The van der Waals surface area contributed by atoms with Crippen LogP contribution in [0.5, 0.6) is 5.75 Å².